The van der Waals surface area contributed by atoms with Gasteiger partial charge in [0.15, 0.2) is 0 Å². The van der Waals surface area contributed by atoms with Crippen molar-refractivity contribution in [3.63, 3.8) is 0 Å². The number of likely N-dealkylation sites (N-methyl/N-ethyl adjacent to an activating group) is 2. The lowest BCUT2D eigenvalue weighted by atomic mass is 10.3. The summed E-state index contributed by atoms with van der Waals surface area (Å²) < 4.78 is 0. The van der Waals surface area contributed by atoms with Gasteiger partial charge in [0.25, 0.3) is 0 Å². The minimum Gasteiger partial charge on any atom is -0.339 e. The van der Waals surface area contributed by atoms with Crippen molar-refractivity contribution in [3.05, 3.63) is 0 Å². The molecule has 0 radical (unpaired) electrons. The molecule has 1 fully saturated rings. The molecule has 88 valence electrons. The summed E-state index contributed by atoms with van der Waals surface area (Å²) in [7, 11) is 4.00. The average molecular weight is 214 g/mol. The van der Waals surface area contributed by atoms with Gasteiger partial charge in [0, 0.05) is 39.3 Å². The molecule has 5 nitrogen and oxygen atoms in total. The number of carbonyl (C=O) groups is 1. The Labute approximate surface area is 91.8 Å². The van der Waals surface area contributed by atoms with E-state index < -0.39 is 0 Å². The predicted molar refractivity (Wildman–Crippen MR) is 60.9 cm³/mol. The molecule has 0 spiro atoms. The molecule has 0 aromatic carbocycles. The zero-order valence-electron chi connectivity index (χ0n) is 9.75. The minimum atomic E-state index is 0.221. The lowest BCUT2D eigenvalue weighted by Gasteiger charge is -2.32. The summed E-state index contributed by atoms with van der Waals surface area (Å²) >= 11 is 0. The second-order valence-electron chi connectivity index (χ2n) is 3.96. The lowest BCUT2D eigenvalue weighted by molar-refractivity contribution is -0.131. The zero-order chi connectivity index (χ0) is 11.1. The molecule has 1 aliphatic heterocycles. The van der Waals surface area contributed by atoms with E-state index in [0.29, 0.717) is 6.54 Å². The Morgan fingerprint density at radius 2 is 1.87 bits per heavy atom. The summed E-state index contributed by atoms with van der Waals surface area (Å²) in [6, 6.07) is 0. The summed E-state index contributed by atoms with van der Waals surface area (Å²) in [6.45, 7) is 5.91. The third-order valence-electron chi connectivity index (χ3n) is 2.68. The minimum absolute atomic E-state index is 0.221. The van der Waals surface area contributed by atoms with Crippen LogP contribution in [0.5, 0.6) is 0 Å². The molecule has 0 aromatic rings. The molecule has 15 heavy (non-hydrogen) atoms. The molecule has 0 unspecified atom stereocenters. The number of nitrogens with one attached hydrogen (secondary N) is 2. The fourth-order valence-electron chi connectivity index (χ4n) is 1.58. The molecule has 0 bridgehead atoms. The van der Waals surface area contributed by atoms with Gasteiger partial charge in [-0.2, -0.15) is 0 Å². The highest BCUT2D eigenvalue weighted by Crippen LogP contribution is 1.98. The van der Waals surface area contributed by atoms with E-state index in [9.17, 15) is 4.79 Å². The van der Waals surface area contributed by atoms with Crippen molar-refractivity contribution < 1.29 is 4.79 Å². The maximum Gasteiger partial charge on any atom is 0.236 e. The van der Waals surface area contributed by atoms with Gasteiger partial charge >= 0.3 is 0 Å². The van der Waals surface area contributed by atoms with E-state index in [4.69, 9.17) is 0 Å². The maximum atomic E-state index is 11.7. The van der Waals surface area contributed by atoms with E-state index in [0.717, 1.165) is 39.3 Å². The van der Waals surface area contributed by atoms with Crippen molar-refractivity contribution in [2.75, 3.05) is 59.9 Å². The molecule has 0 saturated carbocycles. The normalized spacial score (nSPS) is 18.1. The number of amides is 1. The third kappa shape index (κ3) is 4.59. The lowest BCUT2D eigenvalue weighted by Crippen LogP contribution is -2.49. The Bertz CT molecular complexity index is 190. The number of hydrogen-bond acceptors (Lipinski definition) is 4. The van der Waals surface area contributed by atoms with Crippen molar-refractivity contribution in [3.8, 4) is 0 Å². The maximum absolute atomic E-state index is 11.7. The molecule has 1 aliphatic rings. The SMILES string of the molecule is CNCCNCC(=O)N1CCN(C)CC1. The van der Waals surface area contributed by atoms with Gasteiger partial charge in [0.05, 0.1) is 6.54 Å². The molecular formula is C10H22N4O. The van der Waals surface area contributed by atoms with Gasteiger partial charge in [-0.05, 0) is 14.1 Å². The first-order valence-electron chi connectivity index (χ1n) is 5.55. The standard InChI is InChI=1S/C10H22N4O/c1-11-3-4-12-9-10(15)14-7-5-13(2)6-8-14/h11-12H,3-9H2,1-2H3. The van der Waals surface area contributed by atoms with Gasteiger partial charge in [-0.15, -0.1) is 0 Å². The Balaban J connectivity index is 2.11. The molecule has 0 aliphatic carbocycles. The van der Waals surface area contributed by atoms with E-state index in [1.54, 1.807) is 0 Å². The van der Waals surface area contributed by atoms with Crippen molar-refractivity contribution in [2.45, 2.75) is 0 Å². The van der Waals surface area contributed by atoms with Crippen LogP contribution in [0.2, 0.25) is 0 Å². The average Bonchev–Trinajstić information content (AvgIpc) is 2.25. The van der Waals surface area contributed by atoms with Crippen LogP contribution >= 0.6 is 0 Å². The Hall–Kier alpha value is -0.650. The first kappa shape index (κ1) is 12.4. The molecule has 1 saturated heterocycles. The van der Waals surface area contributed by atoms with Crippen molar-refractivity contribution in [1.29, 1.82) is 0 Å². The van der Waals surface area contributed by atoms with Crippen LogP contribution in [0.15, 0.2) is 0 Å². The molecular weight excluding hydrogens is 192 g/mol. The van der Waals surface area contributed by atoms with Crippen LogP contribution in [0.4, 0.5) is 0 Å². The van der Waals surface area contributed by atoms with E-state index in [2.05, 4.69) is 22.6 Å². The number of hydrogen-bond donors (Lipinski definition) is 2. The van der Waals surface area contributed by atoms with Gasteiger partial charge in [-0.3, -0.25) is 4.79 Å². The van der Waals surface area contributed by atoms with Gasteiger partial charge < -0.3 is 20.4 Å². The topological polar surface area (TPSA) is 47.6 Å². The molecule has 1 rings (SSSR count). The highest BCUT2D eigenvalue weighted by Gasteiger charge is 2.17. The zero-order valence-corrected chi connectivity index (χ0v) is 9.75. The van der Waals surface area contributed by atoms with Crippen LogP contribution in [-0.2, 0) is 4.79 Å². The fraction of sp³-hybridized carbons (Fsp3) is 0.900. The highest BCUT2D eigenvalue weighted by atomic mass is 16.2. The van der Waals surface area contributed by atoms with Gasteiger partial charge in [-0.1, -0.05) is 0 Å². The first-order chi connectivity index (χ1) is 7.24. The van der Waals surface area contributed by atoms with E-state index >= 15 is 0 Å². The van der Waals surface area contributed by atoms with E-state index in [-0.39, 0.29) is 5.91 Å². The number of piperazine rings is 1. The Morgan fingerprint density at radius 3 is 2.47 bits per heavy atom. The summed E-state index contributed by atoms with van der Waals surface area (Å²) in [5.41, 5.74) is 0. The van der Waals surface area contributed by atoms with Gasteiger partial charge in [0.1, 0.15) is 0 Å². The molecule has 1 heterocycles. The monoisotopic (exact) mass is 214 g/mol. The summed E-state index contributed by atoms with van der Waals surface area (Å²) in [4.78, 5) is 15.9. The van der Waals surface area contributed by atoms with Crippen LogP contribution in [-0.4, -0.2) is 75.6 Å². The quantitative estimate of drug-likeness (QED) is 0.551. The second-order valence-corrected chi connectivity index (χ2v) is 3.96. The largest absolute Gasteiger partial charge is 0.339 e. The summed E-state index contributed by atoms with van der Waals surface area (Å²) in [5.74, 6) is 0.221. The Kier molecular flexibility index (Phi) is 5.60. The molecule has 1 amide bonds. The second kappa shape index (κ2) is 6.76. The number of nitrogens with zero attached hydrogens (tertiary/aromatic N) is 2. The third-order valence-corrected chi connectivity index (χ3v) is 2.68. The van der Waals surface area contributed by atoms with Crippen molar-refractivity contribution >= 4 is 5.91 Å². The van der Waals surface area contributed by atoms with Gasteiger partial charge in [0.2, 0.25) is 5.91 Å². The predicted octanol–water partition coefficient (Wildman–Crippen LogP) is -1.43. The summed E-state index contributed by atoms with van der Waals surface area (Å²) in [5, 5.41) is 6.16. The van der Waals surface area contributed by atoms with Crippen LogP contribution in [0.1, 0.15) is 0 Å². The molecule has 5 heteroatoms. The van der Waals surface area contributed by atoms with Crippen LogP contribution in [0, 0.1) is 0 Å². The fourth-order valence-corrected chi connectivity index (χ4v) is 1.58. The molecule has 0 atom stereocenters. The van der Waals surface area contributed by atoms with E-state index in [1.807, 2.05) is 11.9 Å². The number of carbonyl (C=O) groups excluding carboxylic acids is 1. The smallest absolute Gasteiger partial charge is 0.236 e. The molecule has 0 aromatic heterocycles. The Morgan fingerprint density at radius 1 is 1.20 bits per heavy atom. The first-order valence-corrected chi connectivity index (χ1v) is 5.55. The van der Waals surface area contributed by atoms with Gasteiger partial charge in [-0.25, -0.2) is 0 Å². The van der Waals surface area contributed by atoms with Crippen LogP contribution in [0.3, 0.4) is 0 Å². The van der Waals surface area contributed by atoms with Crippen molar-refractivity contribution in [2.24, 2.45) is 0 Å². The van der Waals surface area contributed by atoms with Crippen LogP contribution in [0.25, 0.3) is 0 Å². The van der Waals surface area contributed by atoms with Crippen LogP contribution < -0.4 is 10.6 Å². The summed E-state index contributed by atoms with van der Waals surface area (Å²) in [6.07, 6.45) is 0. The molecule has 2 N–H and O–H groups in total. The highest BCUT2D eigenvalue weighted by molar-refractivity contribution is 5.78. The van der Waals surface area contributed by atoms with E-state index in [1.165, 1.54) is 0 Å². The number of rotatable bonds is 5. The van der Waals surface area contributed by atoms with Crippen molar-refractivity contribution in [1.82, 2.24) is 20.4 Å².